The van der Waals surface area contributed by atoms with E-state index >= 15 is 0 Å². The summed E-state index contributed by atoms with van der Waals surface area (Å²) in [5.74, 6) is -1.24. The van der Waals surface area contributed by atoms with Crippen molar-refractivity contribution in [3.8, 4) is 11.5 Å². The van der Waals surface area contributed by atoms with Gasteiger partial charge in [0.05, 0.1) is 6.61 Å². The number of hydrogen-bond acceptors (Lipinski definition) is 6. The van der Waals surface area contributed by atoms with Crippen LogP contribution in [0.5, 0.6) is 11.5 Å². The predicted octanol–water partition coefficient (Wildman–Crippen LogP) is 2.16. The number of nitrogens with one attached hydrogen (secondary N) is 3. The third kappa shape index (κ3) is 5.47. The van der Waals surface area contributed by atoms with E-state index in [4.69, 9.17) is 9.47 Å². The molecule has 2 aromatic carbocycles. The van der Waals surface area contributed by atoms with Crippen molar-refractivity contribution in [3.05, 3.63) is 59.2 Å². The quantitative estimate of drug-likeness (QED) is 0.463. The van der Waals surface area contributed by atoms with Gasteiger partial charge in [0.1, 0.15) is 5.57 Å². The summed E-state index contributed by atoms with van der Waals surface area (Å²) in [5.41, 5.74) is 1.90. The summed E-state index contributed by atoms with van der Waals surface area (Å²) in [6.07, 6.45) is 1.33. The summed E-state index contributed by atoms with van der Waals surface area (Å²) in [7, 11) is 0. The first-order valence-electron chi connectivity index (χ1n) is 9.51. The van der Waals surface area contributed by atoms with Crippen molar-refractivity contribution in [2.24, 2.45) is 0 Å². The minimum Gasteiger partial charge on any atom is -0.490 e. The van der Waals surface area contributed by atoms with Crippen molar-refractivity contribution >= 4 is 35.5 Å². The van der Waals surface area contributed by atoms with Gasteiger partial charge >= 0.3 is 6.03 Å². The van der Waals surface area contributed by atoms with Crippen LogP contribution in [0.25, 0.3) is 6.08 Å². The first kappa shape index (κ1) is 21.6. The van der Waals surface area contributed by atoms with Crippen LogP contribution in [-0.2, 0) is 14.4 Å². The molecule has 0 aromatic heterocycles. The maximum Gasteiger partial charge on any atom is 0.328 e. The Kier molecular flexibility index (Phi) is 6.66. The highest BCUT2D eigenvalue weighted by Crippen LogP contribution is 2.29. The molecule has 160 valence electrons. The molecule has 1 fully saturated rings. The van der Waals surface area contributed by atoms with E-state index in [0.29, 0.717) is 29.4 Å². The number of benzene rings is 2. The Labute approximate surface area is 178 Å². The molecule has 3 N–H and O–H groups in total. The second kappa shape index (κ2) is 9.57. The van der Waals surface area contributed by atoms with E-state index in [-0.39, 0.29) is 18.1 Å². The average Bonchev–Trinajstić information content (AvgIpc) is 2.72. The van der Waals surface area contributed by atoms with Gasteiger partial charge in [-0.15, -0.1) is 0 Å². The first-order valence-corrected chi connectivity index (χ1v) is 9.51. The number of imide groups is 2. The Balaban J connectivity index is 1.73. The zero-order valence-electron chi connectivity index (χ0n) is 17.0. The van der Waals surface area contributed by atoms with Crippen LogP contribution in [0.4, 0.5) is 10.5 Å². The second-order valence-electron chi connectivity index (χ2n) is 6.59. The zero-order valence-corrected chi connectivity index (χ0v) is 17.0. The zero-order chi connectivity index (χ0) is 22.4. The van der Waals surface area contributed by atoms with Gasteiger partial charge in [0.25, 0.3) is 17.7 Å². The van der Waals surface area contributed by atoms with Crippen LogP contribution in [0.1, 0.15) is 18.1 Å². The topological polar surface area (TPSA) is 123 Å². The van der Waals surface area contributed by atoms with E-state index in [0.717, 1.165) is 5.56 Å². The van der Waals surface area contributed by atoms with Gasteiger partial charge < -0.3 is 14.8 Å². The molecule has 0 bridgehead atoms. The highest BCUT2D eigenvalue weighted by molar-refractivity contribution is 6.31. The Hall–Kier alpha value is -4.14. The molecule has 3 rings (SSSR count). The lowest BCUT2D eigenvalue weighted by Crippen LogP contribution is -2.51. The molecule has 0 radical (unpaired) electrons. The highest BCUT2D eigenvalue weighted by Gasteiger charge is 2.27. The molecular weight excluding hydrogens is 402 g/mol. The molecule has 1 heterocycles. The molecule has 1 aliphatic rings. The number of ether oxygens (including phenoxy) is 2. The van der Waals surface area contributed by atoms with E-state index in [2.05, 4.69) is 5.32 Å². The molecule has 0 saturated carbocycles. The van der Waals surface area contributed by atoms with Crippen molar-refractivity contribution in [1.29, 1.82) is 0 Å². The fourth-order valence-electron chi connectivity index (χ4n) is 2.82. The number of urea groups is 1. The van der Waals surface area contributed by atoms with Crippen LogP contribution in [0.15, 0.2) is 48.0 Å². The van der Waals surface area contributed by atoms with Gasteiger partial charge in [-0.2, -0.15) is 0 Å². The lowest BCUT2D eigenvalue weighted by molar-refractivity contribution is -0.124. The molecular formula is C22H21N3O6. The molecule has 5 amide bonds. The van der Waals surface area contributed by atoms with Crippen molar-refractivity contribution < 1.29 is 28.7 Å². The number of amides is 5. The summed E-state index contributed by atoms with van der Waals surface area (Å²) in [6, 6.07) is 11.3. The monoisotopic (exact) mass is 423 g/mol. The summed E-state index contributed by atoms with van der Waals surface area (Å²) in [6.45, 7) is 3.77. The number of aryl methyl sites for hydroxylation is 1. The molecule has 2 aromatic rings. The first-order chi connectivity index (χ1) is 14.9. The SMILES string of the molecule is CCOc1cc(C=C2C(=O)NC(=O)NC2=O)ccc1OCC(=O)Nc1ccccc1C. The van der Waals surface area contributed by atoms with Gasteiger partial charge in [0.15, 0.2) is 18.1 Å². The number of barbiturate groups is 1. The van der Waals surface area contributed by atoms with Crippen LogP contribution in [0, 0.1) is 6.92 Å². The number of hydrogen-bond donors (Lipinski definition) is 3. The molecule has 0 spiro atoms. The molecule has 1 saturated heterocycles. The molecule has 9 heteroatoms. The Morgan fingerprint density at radius 2 is 1.71 bits per heavy atom. The lowest BCUT2D eigenvalue weighted by atomic mass is 10.1. The Morgan fingerprint density at radius 3 is 2.39 bits per heavy atom. The third-order valence-corrected chi connectivity index (χ3v) is 4.30. The summed E-state index contributed by atoms with van der Waals surface area (Å²) in [4.78, 5) is 47.2. The second-order valence-corrected chi connectivity index (χ2v) is 6.59. The predicted molar refractivity (Wildman–Crippen MR) is 113 cm³/mol. The van der Waals surface area contributed by atoms with E-state index in [1.54, 1.807) is 31.2 Å². The summed E-state index contributed by atoms with van der Waals surface area (Å²) in [5, 5.41) is 6.80. The van der Waals surface area contributed by atoms with Crippen LogP contribution in [-0.4, -0.2) is 37.0 Å². The van der Waals surface area contributed by atoms with Gasteiger partial charge in [-0.1, -0.05) is 24.3 Å². The van der Waals surface area contributed by atoms with Gasteiger partial charge in [-0.05, 0) is 49.2 Å². The number of para-hydroxylation sites is 1. The largest absolute Gasteiger partial charge is 0.490 e. The maximum atomic E-state index is 12.2. The molecule has 1 aliphatic heterocycles. The summed E-state index contributed by atoms with van der Waals surface area (Å²) < 4.78 is 11.2. The van der Waals surface area contributed by atoms with Crippen LogP contribution >= 0.6 is 0 Å². The average molecular weight is 423 g/mol. The van der Waals surface area contributed by atoms with Crippen molar-refractivity contribution in [1.82, 2.24) is 10.6 Å². The fraction of sp³-hybridized carbons (Fsp3) is 0.182. The number of rotatable bonds is 7. The Morgan fingerprint density at radius 1 is 1.00 bits per heavy atom. The summed E-state index contributed by atoms with van der Waals surface area (Å²) >= 11 is 0. The van der Waals surface area contributed by atoms with E-state index in [1.165, 1.54) is 6.08 Å². The van der Waals surface area contributed by atoms with Gasteiger partial charge in [-0.25, -0.2) is 4.79 Å². The standard InChI is InChI=1S/C22H21N3O6/c1-3-30-18-11-14(10-15-20(27)24-22(29)25-21(15)28)8-9-17(18)31-12-19(26)23-16-7-5-4-6-13(16)2/h4-11H,3,12H2,1-2H3,(H,23,26)(H2,24,25,27,28,29). The fourth-order valence-corrected chi connectivity index (χ4v) is 2.82. The molecule has 9 nitrogen and oxygen atoms in total. The molecule has 31 heavy (non-hydrogen) atoms. The molecule has 0 unspecified atom stereocenters. The van der Waals surface area contributed by atoms with E-state index in [9.17, 15) is 19.2 Å². The molecule has 0 atom stereocenters. The highest BCUT2D eigenvalue weighted by atomic mass is 16.5. The minimum absolute atomic E-state index is 0.215. The number of anilines is 1. The van der Waals surface area contributed by atoms with E-state index in [1.807, 2.05) is 35.8 Å². The smallest absolute Gasteiger partial charge is 0.328 e. The maximum absolute atomic E-state index is 12.2. The van der Waals surface area contributed by atoms with Gasteiger partial charge in [-0.3, -0.25) is 25.0 Å². The number of carbonyl (C=O) groups excluding carboxylic acids is 4. The van der Waals surface area contributed by atoms with Crippen molar-refractivity contribution in [3.63, 3.8) is 0 Å². The Bertz CT molecular complexity index is 1050. The van der Waals surface area contributed by atoms with Crippen molar-refractivity contribution in [2.75, 3.05) is 18.5 Å². The van der Waals surface area contributed by atoms with Gasteiger partial charge in [0.2, 0.25) is 0 Å². The minimum atomic E-state index is -0.866. The van der Waals surface area contributed by atoms with E-state index < -0.39 is 17.8 Å². The molecule has 0 aliphatic carbocycles. The van der Waals surface area contributed by atoms with Crippen LogP contribution < -0.4 is 25.4 Å². The third-order valence-electron chi connectivity index (χ3n) is 4.30. The van der Waals surface area contributed by atoms with Crippen LogP contribution in [0.2, 0.25) is 0 Å². The normalized spacial score (nSPS) is 13.2. The van der Waals surface area contributed by atoms with Crippen molar-refractivity contribution in [2.45, 2.75) is 13.8 Å². The lowest BCUT2D eigenvalue weighted by Gasteiger charge is -2.15. The van der Waals surface area contributed by atoms with Gasteiger partial charge in [0, 0.05) is 5.69 Å². The van der Waals surface area contributed by atoms with Crippen LogP contribution in [0.3, 0.4) is 0 Å². The number of carbonyl (C=O) groups is 4.